The van der Waals surface area contributed by atoms with E-state index in [1.54, 1.807) is 0 Å². The van der Waals surface area contributed by atoms with Gasteiger partial charge in [0.05, 0.1) is 11.4 Å². The average molecular weight is 679 g/mol. The molecule has 4 heteroatoms. The van der Waals surface area contributed by atoms with Gasteiger partial charge in [-0.05, 0) is 80.7 Å². The maximum Gasteiger partial charge on any atom is 0.160 e. The topological polar surface area (TPSA) is 51.0 Å². The van der Waals surface area contributed by atoms with Gasteiger partial charge < -0.3 is 8.83 Å². The van der Waals surface area contributed by atoms with Crippen LogP contribution in [0, 0.1) is 0 Å². The molecule has 0 saturated carbocycles. The summed E-state index contributed by atoms with van der Waals surface area (Å²) in [5.41, 5.74) is 10.6. The number of fused-ring (bicyclic) bond motifs is 9. The highest BCUT2D eigenvalue weighted by Gasteiger charge is 2.20. The molecule has 1 aliphatic heterocycles. The van der Waals surface area contributed by atoms with E-state index in [9.17, 15) is 0 Å². The van der Waals surface area contributed by atoms with E-state index >= 15 is 0 Å². The number of furan rings is 2. The van der Waals surface area contributed by atoms with Crippen LogP contribution >= 0.6 is 0 Å². The average Bonchev–Trinajstić information content (AvgIpc) is 3.70. The largest absolute Gasteiger partial charge is 0.456 e. The number of amidine groups is 1. The van der Waals surface area contributed by atoms with Gasteiger partial charge in [0.15, 0.2) is 5.84 Å². The maximum atomic E-state index is 6.49. The molecule has 0 fully saturated rings. The molecule has 0 N–H and O–H groups in total. The smallest absolute Gasteiger partial charge is 0.160 e. The SMILES string of the molecule is C1=C(c2ccc3c(ccc4ccccc43)c2)N=C(c2cccc3oc4ccc(-c5ccc6oc7ccccc7c6c5)cc4c23)N=C(c2ccccc2)C1. The van der Waals surface area contributed by atoms with E-state index in [1.165, 1.54) is 21.5 Å². The van der Waals surface area contributed by atoms with Gasteiger partial charge in [-0.1, -0.05) is 127 Å². The number of para-hydroxylation sites is 1. The summed E-state index contributed by atoms with van der Waals surface area (Å²) in [4.78, 5) is 10.7. The molecule has 11 rings (SSSR count). The van der Waals surface area contributed by atoms with Gasteiger partial charge in [-0.25, -0.2) is 9.98 Å². The summed E-state index contributed by atoms with van der Waals surface area (Å²) < 4.78 is 12.6. The Balaban J connectivity index is 1.09. The molecule has 53 heavy (non-hydrogen) atoms. The zero-order valence-electron chi connectivity index (χ0n) is 28.6. The molecule has 0 radical (unpaired) electrons. The Morgan fingerprint density at radius 2 is 1.06 bits per heavy atom. The van der Waals surface area contributed by atoms with Crippen LogP contribution in [0.25, 0.3) is 82.2 Å². The van der Waals surface area contributed by atoms with Gasteiger partial charge >= 0.3 is 0 Å². The second-order valence-corrected chi connectivity index (χ2v) is 13.7. The van der Waals surface area contributed by atoms with Crippen molar-refractivity contribution in [2.75, 3.05) is 0 Å². The van der Waals surface area contributed by atoms with Crippen LogP contribution in [0.1, 0.15) is 23.1 Å². The third kappa shape index (κ3) is 4.91. The third-order valence-electron chi connectivity index (χ3n) is 10.5. The Morgan fingerprint density at radius 1 is 0.396 bits per heavy atom. The molecule has 10 aromatic rings. The molecular formula is C49H30N2O2. The van der Waals surface area contributed by atoms with Crippen molar-refractivity contribution in [2.24, 2.45) is 9.98 Å². The highest BCUT2D eigenvalue weighted by atomic mass is 16.3. The lowest BCUT2D eigenvalue weighted by Crippen LogP contribution is -2.05. The van der Waals surface area contributed by atoms with Crippen LogP contribution in [0.5, 0.6) is 0 Å². The van der Waals surface area contributed by atoms with Crippen molar-refractivity contribution in [3.63, 3.8) is 0 Å². The number of benzene rings is 8. The fraction of sp³-hybridized carbons (Fsp3) is 0.0204. The fourth-order valence-corrected chi connectivity index (χ4v) is 7.94. The minimum atomic E-state index is 0.652. The number of aliphatic imine (C=N–C) groups is 2. The maximum absolute atomic E-state index is 6.49. The quantitative estimate of drug-likeness (QED) is 0.174. The van der Waals surface area contributed by atoms with Crippen LogP contribution in [0.2, 0.25) is 0 Å². The molecule has 248 valence electrons. The van der Waals surface area contributed by atoms with E-state index in [2.05, 4.69) is 140 Å². The van der Waals surface area contributed by atoms with Crippen LogP contribution in [-0.4, -0.2) is 11.5 Å². The number of allylic oxidation sites excluding steroid dienone is 1. The molecule has 0 bridgehead atoms. The summed E-state index contributed by atoms with van der Waals surface area (Å²) in [6.07, 6.45) is 2.86. The zero-order valence-corrected chi connectivity index (χ0v) is 28.6. The molecular weight excluding hydrogens is 649 g/mol. The Labute approximate surface area is 304 Å². The van der Waals surface area contributed by atoms with Crippen LogP contribution in [0.15, 0.2) is 189 Å². The number of hydrogen-bond donors (Lipinski definition) is 0. The van der Waals surface area contributed by atoms with Crippen LogP contribution in [0.4, 0.5) is 0 Å². The van der Waals surface area contributed by atoms with E-state index in [4.69, 9.17) is 18.8 Å². The fourth-order valence-electron chi connectivity index (χ4n) is 7.94. The molecule has 4 nitrogen and oxygen atoms in total. The summed E-state index contributed by atoms with van der Waals surface area (Å²) in [7, 11) is 0. The first-order valence-corrected chi connectivity index (χ1v) is 17.9. The van der Waals surface area contributed by atoms with E-state index in [-0.39, 0.29) is 0 Å². The molecule has 2 aromatic heterocycles. The predicted molar refractivity (Wildman–Crippen MR) is 220 cm³/mol. The van der Waals surface area contributed by atoms with Crippen molar-refractivity contribution in [1.82, 2.24) is 0 Å². The molecule has 0 aliphatic carbocycles. The van der Waals surface area contributed by atoms with E-state index < -0.39 is 0 Å². The highest BCUT2D eigenvalue weighted by molar-refractivity contribution is 6.23. The molecule has 0 amide bonds. The number of rotatable bonds is 4. The van der Waals surface area contributed by atoms with E-state index in [0.29, 0.717) is 12.3 Å². The lowest BCUT2D eigenvalue weighted by molar-refractivity contribution is 0.668. The van der Waals surface area contributed by atoms with Crippen LogP contribution in [0.3, 0.4) is 0 Å². The summed E-state index contributed by atoms with van der Waals surface area (Å²) in [6.45, 7) is 0. The summed E-state index contributed by atoms with van der Waals surface area (Å²) in [5, 5.41) is 9.15. The van der Waals surface area contributed by atoms with Gasteiger partial charge in [0.25, 0.3) is 0 Å². The third-order valence-corrected chi connectivity index (χ3v) is 10.5. The molecule has 8 aromatic carbocycles. The monoisotopic (exact) mass is 678 g/mol. The first kappa shape index (κ1) is 29.7. The summed E-state index contributed by atoms with van der Waals surface area (Å²) >= 11 is 0. The van der Waals surface area contributed by atoms with E-state index in [1.807, 2.05) is 30.3 Å². The molecule has 0 spiro atoms. The van der Waals surface area contributed by atoms with E-state index in [0.717, 1.165) is 83.1 Å². The van der Waals surface area contributed by atoms with Crippen molar-refractivity contribution in [1.29, 1.82) is 0 Å². The molecule has 3 heterocycles. The second kappa shape index (κ2) is 11.8. The minimum Gasteiger partial charge on any atom is -0.456 e. The highest BCUT2D eigenvalue weighted by Crippen LogP contribution is 2.38. The van der Waals surface area contributed by atoms with Crippen molar-refractivity contribution in [2.45, 2.75) is 6.42 Å². The van der Waals surface area contributed by atoms with Gasteiger partial charge in [0, 0.05) is 39.1 Å². The lowest BCUT2D eigenvalue weighted by atomic mass is 9.98. The molecule has 0 saturated heterocycles. The zero-order chi connectivity index (χ0) is 34.9. The van der Waals surface area contributed by atoms with Crippen molar-refractivity contribution in [3.05, 3.63) is 187 Å². The first-order chi connectivity index (χ1) is 26.2. The predicted octanol–water partition coefficient (Wildman–Crippen LogP) is 13.1. The first-order valence-electron chi connectivity index (χ1n) is 17.9. The van der Waals surface area contributed by atoms with Gasteiger partial charge in [0.1, 0.15) is 22.3 Å². The molecule has 1 aliphatic rings. The van der Waals surface area contributed by atoms with Crippen molar-refractivity contribution in [3.8, 4) is 11.1 Å². The Kier molecular flexibility index (Phi) is 6.58. The van der Waals surface area contributed by atoms with Crippen molar-refractivity contribution >= 4 is 82.7 Å². The van der Waals surface area contributed by atoms with Gasteiger partial charge in [0.2, 0.25) is 0 Å². The van der Waals surface area contributed by atoms with Gasteiger partial charge in [-0.15, -0.1) is 0 Å². The molecule has 0 atom stereocenters. The number of hydrogen-bond acceptors (Lipinski definition) is 4. The lowest BCUT2D eigenvalue weighted by Gasteiger charge is -2.09. The number of nitrogens with zero attached hydrogens (tertiary/aromatic N) is 2. The Hall–Kier alpha value is -7.04. The van der Waals surface area contributed by atoms with Crippen molar-refractivity contribution < 1.29 is 8.83 Å². The molecule has 0 unspecified atom stereocenters. The normalized spacial score (nSPS) is 13.5. The summed E-state index contributed by atoms with van der Waals surface area (Å²) in [6, 6.07) is 57.3. The summed E-state index contributed by atoms with van der Waals surface area (Å²) in [5.74, 6) is 0.663. The van der Waals surface area contributed by atoms with Crippen LogP contribution in [-0.2, 0) is 0 Å². The van der Waals surface area contributed by atoms with Crippen LogP contribution < -0.4 is 0 Å². The Morgan fingerprint density at radius 3 is 1.94 bits per heavy atom. The Bertz CT molecular complexity index is 3200. The van der Waals surface area contributed by atoms with Gasteiger partial charge in [-0.2, -0.15) is 0 Å². The minimum absolute atomic E-state index is 0.652. The second-order valence-electron chi connectivity index (χ2n) is 13.7. The standard InChI is InChI=1S/C49H30N2O2/c1-2-10-31(11-3-1)42-23-24-43(35-19-22-37-34(27-35)18-17-30-9-4-5-12-36(30)37)51-49(50-42)39-14-8-16-47-48(39)41-29-33(21-26-46(41)53-47)32-20-25-45-40(28-32)38-13-6-7-15-44(38)52-45/h1-22,24-29H,23H2. The van der Waals surface area contributed by atoms with Gasteiger partial charge in [-0.3, -0.25) is 0 Å².